The highest BCUT2D eigenvalue weighted by Gasteiger charge is 2.52. The molecule has 2 rings (SSSR count). The van der Waals surface area contributed by atoms with Gasteiger partial charge in [-0.2, -0.15) is 0 Å². The molecule has 0 aromatic carbocycles. The van der Waals surface area contributed by atoms with Crippen molar-refractivity contribution in [3.8, 4) is 0 Å². The number of hydrogen-bond donors (Lipinski definition) is 2. The molecule has 0 bridgehead atoms. The van der Waals surface area contributed by atoms with Crippen LogP contribution in [0.1, 0.15) is 50.7 Å². The number of carboxylic acid groups (broad SMARTS) is 1. The van der Waals surface area contributed by atoms with Crippen molar-refractivity contribution in [2.45, 2.75) is 45.8 Å². The molecule has 0 spiro atoms. The zero-order valence-electron chi connectivity index (χ0n) is 14.5. The van der Waals surface area contributed by atoms with Crippen LogP contribution in [0.5, 0.6) is 0 Å². The van der Waals surface area contributed by atoms with E-state index in [2.05, 4.69) is 4.98 Å². The van der Waals surface area contributed by atoms with E-state index in [4.69, 9.17) is 14.4 Å². The van der Waals surface area contributed by atoms with Gasteiger partial charge in [0.1, 0.15) is 5.69 Å². The Morgan fingerprint density at radius 2 is 1.88 bits per heavy atom. The minimum absolute atomic E-state index is 0.00212. The fourth-order valence-electron chi connectivity index (χ4n) is 2.19. The summed E-state index contributed by atoms with van der Waals surface area (Å²) in [7, 11) is -0.579. The van der Waals surface area contributed by atoms with E-state index in [9.17, 15) is 9.59 Å². The van der Waals surface area contributed by atoms with E-state index in [-0.39, 0.29) is 10.8 Å². The second-order valence-corrected chi connectivity index (χ2v) is 7.89. The van der Waals surface area contributed by atoms with Crippen LogP contribution in [0.25, 0.3) is 6.08 Å². The Bertz CT molecular complexity index is 664. The van der Waals surface area contributed by atoms with Crippen LogP contribution in [0, 0.1) is 0 Å². The van der Waals surface area contributed by atoms with Gasteiger partial charge in [0.2, 0.25) is 0 Å². The van der Waals surface area contributed by atoms with Gasteiger partial charge < -0.3 is 19.4 Å². The molecule has 0 amide bonds. The molecule has 2 heterocycles. The van der Waals surface area contributed by atoms with Gasteiger partial charge >= 0.3 is 13.1 Å². The average Bonchev–Trinajstić information content (AvgIpc) is 2.97. The maximum absolute atomic E-state index is 11.3. The average molecular weight is 351 g/mol. The number of carbonyl (C=O) groups excluding carboxylic acids is 1. The summed E-state index contributed by atoms with van der Waals surface area (Å²) in [5.74, 6) is -0.607. The monoisotopic (exact) mass is 351 g/mol. The highest BCUT2D eigenvalue weighted by Crippen LogP contribution is 2.39. The number of carboxylic acids is 1. The fraction of sp³-hybridized carbons (Fsp3) is 0.500. The number of hydrogen-bond acceptors (Lipinski definition) is 5. The van der Waals surface area contributed by atoms with Gasteiger partial charge in [-0.25, -0.2) is 4.79 Å². The predicted molar refractivity (Wildman–Crippen MR) is 95.0 cm³/mol. The Balaban J connectivity index is 2.29. The summed E-state index contributed by atoms with van der Waals surface area (Å²) in [5, 5.41) is 9.00. The second kappa shape index (κ2) is 6.78. The topological polar surface area (TPSA) is 88.6 Å². The number of rotatable bonds is 5. The molecule has 0 saturated carbocycles. The van der Waals surface area contributed by atoms with E-state index in [1.807, 2.05) is 27.7 Å². The van der Waals surface area contributed by atoms with E-state index < -0.39 is 24.3 Å². The molecule has 1 saturated heterocycles. The number of H-pyrrole nitrogens is 1. The number of aromatic nitrogens is 1. The van der Waals surface area contributed by atoms with Crippen LogP contribution in [-0.2, 0) is 14.1 Å². The zero-order chi connectivity index (χ0) is 18.1. The van der Waals surface area contributed by atoms with E-state index >= 15 is 0 Å². The van der Waals surface area contributed by atoms with Gasteiger partial charge in [0.25, 0.3) is 0 Å². The van der Waals surface area contributed by atoms with Crippen molar-refractivity contribution in [1.82, 2.24) is 4.98 Å². The summed E-state index contributed by atoms with van der Waals surface area (Å²) in [6, 6.07) is 1.53. The van der Waals surface area contributed by atoms with Crippen LogP contribution in [0.2, 0.25) is 0 Å². The summed E-state index contributed by atoms with van der Waals surface area (Å²) in [6.45, 7) is 9.34. The minimum Gasteiger partial charge on any atom is -0.477 e. The Morgan fingerprint density at radius 3 is 2.33 bits per heavy atom. The molecule has 0 unspecified atom stereocenters. The van der Waals surface area contributed by atoms with Crippen molar-refractivity contribution in [2.24, 2.45) is 0 Å². The number of aromatic amines is 1. The lowest BCUT2D eigenvalue weighted by molar-refractivity contribution is -0.109. The molecule has 6 nitrogen and oxygen atoms in total. The summed E-state index contributed by atoms with van der Waals surface area (Å²) in [6.07, 6.45) is 3.41. The Kier molecular flexibility index (Phi) is 5.32. The number of thioether (sulfide) groups is 1. The standard InChI is InChI=1S/C16H22BNO5S/c1-10(19)24-9-12(6-11-7-13(14(20)21)18-8-11)17-22-15(2,3)16(4,5)23-17/h6-8,18H,9H2,1-5H3,(H,20,21). The predicted octanol–water partition coefficient (Wildman–Crippen LogP) is 3.01. The Morgan fingerprint density at radius 1 is 1.29 bits per heavy atom. The van der Waals surface area contributed by atoms with Crippen LogP contribution < -0.4 is 0 Å². The normalized spacial score (nSPS) is 19.5. The highest BCUT2D eigenvalue weighted by molar-refractivity contribution is 8.13. The first-order chi connectivity index (χ1) is 11.0. The fourth-order valence-corrected chi connectivity index (χ4v) is 2.78. The lowest BCUT2D eigenvalue weighted by Crippen LogP contribution is -2.41. The third-order valence-corrected chi connectivity index (χ3v) is 5.17. The SMILES string of the molecule is CC(=O)SCC(=Cc1c[nH]c(C(=O)O)c1)B1OC(C)(C)C(C)(C)O1. The van der Waals surface area contributed by atoms with Crippen molar-refractivity contribution in [2.75, 3.05) is 5.75 Å². The van der Waals surface area contributed by atoms with Crippen molar-refractivity contribution in [3.63, 3.8) is 0 Å². The smallest absolute Gasteiger partial charge is 0.477 e. The molecule has 130 valence electrons. The second-order valence-electron chi connectivity index (χ2n) is 6.74. The van der Waals surface area contributed by atoms with Crippen molar-refractivity contribution < 1.29 is 24.0 Å². The molecule has 8 heteroatoms. The molecule has 1 aromatic rings. The van der Waals surface area contributed by atoms with Crippen LogP contribution in [-0.4, -0.2) is 45.2 Å². The largest absolute Gasteiger partial charge is 0.491 e. The zero-order valence-corrected chi connectivity index (χ0v) is 15.3. The third-order valence-electron chi connectivity index (χ3n) is 4.29. The molecular weight excluding hydrogens is 329 g/mol. The summed E-state index contributed by atoms with van der Waals surface area (Å²) < 4.78 is 12.1. The van der Waals surface area contributed by atoms with Gasteiger partial charge in [0.05, 0.1) is 11.2 Å². The van der Waals surface area contributed by atoms with E-state index in [0.717, 1.165) is 5.47 Å². The van der Waals surface area contributed by atoms with Crippen LogP contribution in [0.4, 0.5) is 0 Å². The van der Waals surface area contributed by atoms with Gasteiger partial charge in [0, 0.05) is 18.9 Å². The van der Waals surface area contributed by atoms with Crippen LogP contribution in [0.3, 0.4) is 0 Å². The van der Waals surface area contributed by atoms with Gasteiger partial charge in [-0.15, -0.1) is 0 Å². The molecule has 1 fully saturated rings. The van der Waals surface area contributed by atoms with Crippen molar-refractivity contribution in [3.05, 3.63) is 29.0 Å². The quantitative estimate of drug-likeness (QED) is 0.793. The molecule has 0 atom stereocenters. The van der Waals surface area contributed by atoms with Crippen LogP contribution >= 0.6 is 11.8 Å². The summed E-state index contributed by atoms with van der Waals surface area (Å²) in [5.41, 5.74) is 0.615. The first kappa shape index (κ1) is 18.8. The van der Waals surface area contributed by atoms with Gasteiger partial charge in [-0.05, 0) is 44.8 Å². The summed E-state index contributed by atoms with van der Waals surface area (Å²) >= 11 is 1.17. The first-order valence-corrected chi connectivity index (χ1v) is 8.61. The number of aromatic carboxylic acids is 1. The van der Waals surface area contributed by atoms with Crippen LogP contribution in [0.15, 0.2) is 17.7 Å². The molecule has 2 N–H and O–H groups in total. The molecule has 0 radical (unpaired) electrons. The lowest BCUT2D eigenvalue weighted by Gasteiger charge is -2.32. The number of carbonyl (C=O) groups is 2. The molecular formula is C16H22BNO5S. The maximum atomic E-state index is 11.3. The maximum Gasteiger partial charge on any atom is 0.491 e. The Labute approximate surface area is 146 Å². The Hall–Kier alpha value is -1.51. The molecule has 0 aliphatic carbocycles. The minimum atomic E-state index is -1.02. The van der Waals surface area contributed by atoms with E-state index in [1.165, 1.54) is 24.8 Å². The third kappa shape index (κ3) is 4.12. The van der Waals surface area contributed by atoms with Crippen molar-refractivity contribution in [1.29, 1.82) is 0 Å². The molecule has 1 aliphatic heterocycles. The molecule has 1 aliphatic rings. The van der Waals surface area contributed by atoms with Gasteiger partial charge in [0.15, 0.2) is 5.12 Å². The first-order valence-electron chi connectivity index (χ1n) is 7.63. The van der Waals surface area contributed by atoms with Gasteiger partial charge in [-0.3, -0.25) is 4.79 Å². The van der Waals surface area contributed by atoms with Gasteiger partial charge in [-0.1, -0.05) is 17.8 Å². The highest BCUT2D eigenvalue weighted by atomic mass is 32.2. The lowest BCUT2D eigenvalue weighted by atomic mass is 9.78. The van der Waals surface area contributed by atoms with E-state index in [0.29, 0.717) is 11.3 Å². The van der Waals surface area contributed by atoms with Crippen molar-refractivity contribution >= 4 is 36.0 Å². The van der Waals surface area contributed by atoms with E-state index in [1.54, 1.807) is 12.3 Å². The summed E-state index contributed by atoms with van der Waals surface area (Å²) in [4.78, 5) is 25.0. The molecule has 24 heavy (non-hydrogen) atoms. The number of nitrogens with one attached hydrogen (secondary N) is 1. The molecule has 1 aromatic heterocycles.